The van der Waals surface area contributed by atoms with E-state index in [-0.39, 0.29) is 11.9 Å². The highest BCUT2D eigenvalue weighted by molar-refractivity contribution is 7.17. The summed E-state index contributed by atoms with van der Waals surface area (Å²) in [7, 11) is 0. The lowest BCUT2D eigenvalue weighted by atomic mass is 9.88. The zero-order chi connectivity index (χ0) is 18.8. The molecule has 1 heterocycles. The van der Waals surface area contributed by atoms with Crippen LogP contribution in [0.3, 0.4) is 0 Å². The van der Waals surface area contributed by atoms with Gasteiger partial charge in [-0.3, -0.25) is 4.79 Å². The lowest BCUT2D eigenvalue weighted by Gasteiger charge is -2.26. The van der Waals surface area contributed by atoms with Crippen molar-refractivity contribution in [3.63, 3.8) is 0 Å². The van der Waals surface area contributed by atoms with Crippen LogP contribution in [0.15, 0.2) is 48.5 Å². The number of thiazole rings is 1. The van der Waals surface area contributed by atoms with Gasteiger partial charge in [-0.2, -0.15) is 0 Å². The molecule has 1 aliphatic carbocycles. The molecule has 0 saturated carbocycles. The third kappa shape index (κ3) is 3.67. The molecule has 0 fully saturated rings. The van der Waals surface area contributed by atoms with Crippen molar-refractivity contribution in [2.75, 3.05) is 0 Å². The highest BCUT2D eigenvalue weighted by Gasteiger charge is 2.24. The van der Waals surface area contributed by atoms with Gasteiger partial charge in [0.1, 0.15) is 9.88 Å². The van der Waals surface area contributed by atoms with E-state index in [1.807, 2.05) is 6.92 Å². The molecular formula is C23H24N2OS. The first-order valence-corrected chi connectivity index (χ1v) is 10.4. The molecule has 0 aliphatic heterocycles. The van der Waals surface area contributed by atoms with Gasteiger partial charge in [-0.25, -0.2) is 4.98 Å². The number of nitrogens with one attached hydrogen (secondary N) is 1. The molecule has 1 N–H and O–H groups in total. The van der Waals surface area contributed by atoms with Crippen LogP contribution in [0, 0.1) is 6.92 Å². The molecule has 1 amide bonds. The second-order valence-corrected chi connectivity index (χ2v) is 8.10. The Labute approximate surface area is 164 Å². The number of hydrogen-bond donors (Lipinski definition) is 1. The van der Waals surface area contributed by atoms with Gasteiger partial charge in [0, 0.05) is 5.56 Å². The van der Waals surface area contributed by atoms with Crippen molar-refractivity contribution < 1.29 is 4.79 Å². The SMILES string of the molecule is CCc1ccc(-c2nc(C)c(C(=O)N[C@H]3CCCc4ccccc43)s2)cc1. The summed E-state index contributed by atoms with van der Waals surface area (Å²) in [4.78, 5) is 18.3. The predicted molar refractivity (Wildman–Crippen MR) is 111 cm³/mol. The van der Waals surface area contributed by atoms with Gasteiger partial charge in [0.05, 0.1) is 11.7 Å². The Morgan fingerprint density at radius 3 is 2.74 bits per heavy atom. The number of amides is 1. The minimum Gasteiger partial charge on any atom is -0.344 e. The largest absolute Gasteiger partial charge is 0.344 e. The van der Waals surface area contributed by atoms with Crippen molar-refractivity contribution in [1.82, 2.24) is 10.3 Å². The molecule has 3 aromatic rings. The highest BCUT2D eigenvalue weighted by Crippen LogP contribution is 2.32. The molecular weight excluding hydrogens is 352 g/mol. The van der Waals surface area contributed by atoms with Crippen LogP contribution >= 0.6 is 11.3 Å². The minimum atomic E-state index is -0.0110. The van der Waals surface area contributed by atoms with Gasteiger partial charge in [-0.05, 0) is 49.3 Å². The van der Waals surface area contributed by atoms with E-state index < -0.39 is 0 Å². The average Bonchev–Trinajstić information content (AvgIpc) is 3.10. The summed E-state index contributed by atoms with van der Waals surface area (Å²) in [6, 6.07) is 17.0. The summed E-state index contributed by atoms with van der Waals surface area (Å²) in [5, 5.41) is 4.15. The molecule has 1 atom stereocenters. The molecule has 1 aromatic heterocycles. The number of hydrogen-bond acceptors (Lipinski definition) is 3. The molecule has 0 radical (unpaired) electrons. The molecule has 0 bridgehead atoms. The third-order valence-electron chi connectivity index (χ3n) is 5.29. The third-order valence-corrected chi connectivity index (χ3v) is 6.49. The minimum absolute atomic E-state index is 0.0110. The molecule has 0 saturated heterocycles. The van der Waals surface area contributed by atoms with Crippen molar-refractivity contribution in [2.24, 2.45) is 0 Å². The Kier molecular flexibility index (Phi) is 5.08. The van der Waals surface area contributed by atoms with E-state index in [2.05, 4.69) is 65.8 Å². The second-order valence-electron chi connectivity index (χ2n) is 7.10. The number of benzene rings is 2. The van der Waals surface area contributed by atoms with Gasteiger partial charge in [0.2, 0.25) is 0 Å². The van der Waals surface area contributed by atoms with Crippen LogP contribution in [0.1, 0.15) is 57.9 Å². The number of fused-ring (bicyclic) bond motifs is 1. The van der Waals surface area contributed by atoms with Crippen LogP contribution in [0.25, 0.3) is 10.6 Å². The standard InChI is InChI=1S/C23H24N2OS/c1-3-16-11-13-18(14-12-16)23-24-15(2)21(27-23)22(26)25-20-10-6-8-17-7-4-5-9-19(17)20/h4-5,7,9,11-14,20H,3,6,8,10H2,1-2H3,(H,25,26)/t20-/m0/s1. The van der Waals surface area contributed by atoms with Crippen LogP contribution in [-0.4, -0.2) is 10.9 Å². The van der Waals surface area contributed by atoms with E-state index in [4.69, 9.17) is 0 Å². The first kappa shape index (κ1) is 17.9. The molecule has 4 rings (SSSR count). The number of carbonyl (C=O) groups is 1. The van der Waals surface area contributed by atoms with E-state index >= 15 is 0 Å². The second kappa shape index (κ2) is 7.65. The zero-order valence-corrected chi connectivity index (χ0v) is 16.6. The van der Waals surface area contributed by atoms with Crippen molar-refractivity contribution in [1.29, 1.82) is 0 Å². The Morgan fingerprint density at radius 2 is 1.96 bits per heavy atom. The Morgan fingerprint density at radius 1 is 1.19 bits per heavy atom. The van der Waals surface area contributed by atoms with E-state index in [0.29, 0.717) is 4.88 Å². The van der Waals surface area contributed by atoms with Crippen LogP contribution < -0.4 is 5.32 Å². The summed E-state index contributed by atoms with van der Waals surface area (Å²) < 4.78 is 0. The quantitative estimate of drug-likeness (QED) is 0.654. The van der Waals surface area contributed by atoms with Crippen LogP contribution in [0.4, 0.5) is 0 Å². The van der Waals surface area contributed by atoms with Crippen molar-refractivity contribution in [3.05, 3.63) is 75.8 Å². The normalized spacial score (nSPS) is 16.0. The number of aromatic nitrogens is 1. The van der Waals surface area contributed by atoms with Crippen LogP contribution in [0.2, 0.25) is 0 Å². The molecule has 2 aromatic carbocycles. The van der Waals surface area contributed by atoms with Gasteiger partial charge in [0.25, 0.3) is 5.91 Å². The molecule has 1 aliphatic rings. The maximum Gasteiger partial charge on any atom is 0.263 e. The molecule has 3 nitrogen and oxygen atoms in total. The molecule has 27 heavy (non-hydrogen) atoms. The summed E-state index contributed by atoms with van der Waals surface area (Å²) in [5.41, 5.74) is 5.79. The van der Waals surface area contributed by atoms with Gasteiger partial charge >= 0.3 is 0 Å². The maximum atomic E-state index is 12.9. The number of carbonyl (C=O) groups excluding carboxylic acids is 1. The fourth-order valence-corrected chi connectivity index (χ4v) is 4.72. The fraction of sp³-hybridized carbons (Fsp3) is 0.304. The van der Waals surface area contributed by atoms with Crippen molar-refractivity contribution in [3.8, 4) is 10.6 Å². The van der Waals surface area contributed by atoms with Gasteiger partial charge in [-0.1, -0.05) is 55.5 Å². The predicted octanol–water partition coefficient (Wildman–Crippen LogP) is 5.49. The van der Waals surface area contributed by atoms with E-state index in [1.54, 1.807) is 0 Å². The van der Waals surface area contributed by atoms with Crippen LogP contribution in [-0.2, 0) is 12.8 Å². The van der Waals surface area contributed by atoms with Crippen molar-refractivity contribution >= 4 is 17.2 Å². The molecule has 0 spiro atoms. The average molecular weight is 377 g/mol. The molecule has 138 valence electrons. The summed E-state index contributed by atoms with van der Waals surface area (Å²) in [5.74, 6) is -0.0110. The number of nitrogens with zero attached hydrogens (tertiary/aromatic N) is 1. The highest BCUT2D eigenvalue weighted by atomic mass is 32.1. The van der Waals surface area contributed by atoms with Gasteiger partial charge in [0.15, 0.2) is 0 Å². The Hall–Kier alpha value is -2.46. The first-order valence-electron chi connectivity index (χ1n) is 9.61. The summed E-state index contributed by atoms with van der Waals surface area (Å²) in [6.45, 7) is 4.07. The Bertz CT molecular complexity index is 959. The van der Waals surface area contributed by atoms with Gasteiger partial charge < -0.3 is 5.32 Å². The van der Waals surface area contributed by atoms with Gasteiger partial charge in [-0.15, -0.1) is 11.3 Å². The Balaban J connectivity index is 1.55. The monoisotopic (exact) mass is 376 g/mol. The number of aryl methyl sites for hydroxylation is 3. The zero-order valence-electron chi connectivity index (χ0n) is 15.8. The summed E-state index contributed by atoms with van der Waals surface area (Å²) >= 11 is 1.48. The first-order chi connectivity index (χ1) is 13.2. The van der Waals surface area contributed by atoms with E-state index in [9.17, 15) is 4.79 Å². The van der Waals surface area contributed by atoms with Crippen LogP contribution in [0.5, 0.6) is 0 Å². The van der Waals surface area contributed by atoms with Crippen molar-refractivity contribution in [2.45, 2.75) is 45.6 Å². The fourth-order valence-electron chi connectivity index (χ4n) is 3.74. The number of rotatable bonds is 4. The molecule has 0 unspecified atom stereocenters. The topological polar surface area (TPSA) is 42.0 Å². The van der Waals surface area contributed by atoms with E-state index in [1.165, 1.54) is 28.0 Å². The lowest BCUT2D eigenvalue weighted by Crippen LogP contribution is -2.30. The smallest absolute Gasteiger partial charge is 0.263 e. The lowest BCUT2D eigenvalue weighted by molar-refractivity contribution is 0.0936. The van der Waals surface area contributed by atoms with E-state index in [0.717, 1.165) is 41.9 Å². The summed E-state index contributed by atoms with van der Waals surface area (Å²) in [6.07, 6.45) is 4.22. The maximum absolute atomic E-state index is 12.9. The molecule has 4 heteroatoms.